The fourth-order valence-corrected chi connectivity index (χ4v) is 1.97. The molecule has 1 amide bonds. The first-order valence-corrected chi connectivity index (χ1v) is 7.14. The van der Waals surface area contributed by atoms with Crippen molar-refractivity contribution in [2.24, 2.45) is 0 Å². The van der Waals surface area contributed by atoms with E-state index >= 15 is 0 Å². The van der Waals surface area contributed by atoms with Crippen molar-refractivity contribution in [1.29, 1.82) is 5.26 Å². The van der Waals surface area contributed by atoms with Gasteiger partial charge in [0, 0.05) is 25.0 Å². The molecule has 0 aliphatic carbocycles. The Balaban J connectivity index is 2.14. The Morgan fingerprint density at radius 3 is 2.75 bits per heavy atom. The van der Waals surface area contributed by atoms with Gasteiger partial charge < -0.3 is 15.2 Å². The summed E-state index contributed by atoms with van der Waals surface area (Å²) >= 11 is 0. The molecule has 0 radical (unpaired) electrons. The van der Waals surface area contributed by atoms with E-state index in [0.29, 0.717) is 11.3 Å². The van der Waals surface area contributed by atoms with Crippen LogP contribution in [0.2, 0.25) is 0 Å². The first-order chi connectivity index (χ1) is 11.2. The average Bonchev–Trinajstić information content (AvgIpc) is 2.86. The Morgan fingerprint density at radius 1 is 1.46 bits per heavy atom. The Hall–Kier alpha value is -3.15. The zero-order chi connectivity index (χ0) is 17.9. The summed E-state index contributed by atoms with van der Waals surface area (Å²) in [6, 6.07) is 0.735. The summed E-state index contributed by atoms with van der Waals surface area (Å²) in [6.07, 6.45) is 3.76. The highest BCUT2D eigenvalue weighted by atomic mass is 16.6. The summed E-state index contributed by atoms with van der Waals surface area (Å²) < 4.78 is 6.59. The quantitative estimate of drug-likeness (QED) is 0.858. The molecule has 2 aromatic heterocycles. The normalized spacial score (nSPS) is 12.4. The van der Waals surface area contributed by atoms with Crippen molar-refractivity contribution in [3.05, 3.63) is 29.8 Å². The molecule has 2 rings (SSSR count). The summed E-state index contributed by atoms with van der Waals surface area (Å²) in [5.41, 5.74) is 0.0483. The van der Waals surface area contributed by atoms with Gasteiger partial charge >= 0.3 is 12.1 Å². The van der Waals surface area contributed by atoms with Crippen molar-refractivity contribution in [3.63, 3.8) is 0 Å². The number of carbonyl (C=O) groups excluding carboxylic acids is 1. The van der Waals surface area contributed by atoms with Crippen LogP contribution >= 0.6 is 0 Å². The maximum Gasteiger partial charge on any atom is 0.408 e. The number of nitrogens with one attached hydrogen (secondary N) is 1. The first-order valence-electron chi connectivity index (χ1n) is 7.14. The number of aromatic nitrogens is 3. The average molecular weight is 331 g/mol. The van der Waals surface area contributed by atoms with Gasteiger partial charge in [-0.3, -0.25) is 4.40 Å². The number of carbonyl (C=O) groups is 2. The number of aliphatic carboxylic acids is 1. The molecule has 0 aromatic carbocycles. The van der Waals surface area contributed by atoms with Gasteiger partial charge in [0.1, 0.15) is 17.7 Å². The number of hydrogen-bond donors (Lipinski definition) is 2. The fraction of sp³-hybridized carbons (Fsp3) is 0.400. The van der Waals surface area contributed by atoms with E-state index in [1.54, 1.807) is 27.0 Å². The van der Waals surface area contributed by atoms with Crippen LogP contribution in [0.3, 0.4) is 0 Å². The van der Waals surface area contributed by atoms with Crippen LogP contribution in [0.1, 0.15) is 32.0 Å². The van der Waals surface area contributed by atoms with Gasteiger partial charge in [-0.15, -0.1) is 0 Å². The topological polar surface area (TPSA) is 130 Å². The van der Waals surface area contributed by atoms with Gasteiger partial charge in [-0.1, -0.05) is 0 Å². The second-order valence-corrected chi connectivity index (χ2v) is 6.15. The maximum atomic E-state index is 11.8. The minimum Gasteiger partial charge on any atom is -0.480 e. The van der Waals surface area contributed by atoms with Crippen molar-refractivity contribution >= 4 is 17.8 Å². The number of amides is 1. The Morgan fingerprint density at radius 2 is 2.17 bits per heavy atom. The van der Waals surface area contributed by atoms with Crippen molar-refractivity contribution in [2.75, 3.05) is 0 Å². The van der Waals surface area contributed by atoms with E-state index in [-0.39, 0.29) is 12.1 Å². The molecule has 2 heterocycles. The van der Waals surface area contributed by atoms with Gasteiger partial charge in [-0.25, -0.2) is 14.6 Å². The molecule has 2 aromatic rings. The number of alkyl carbamates (subject to hydrolysis) is 1. The lowest BCUT2D eigenvalue weighted by Crippen LogP contribution is -2.44. The van der Waals surface area contributed by atoms with E-state index in [1.807, 2.05) is 6.07 Å². The van der Waals surface area contributed by atoms with Crippen molar-refractivity contribution in [1.82, 2.24) is 19.7 Å². The minimum atomic E-state index is -1.19. The van der Waals surface area contributed by atoms with Crippen LogP contribution < -0.4 is 5.32 Å². The number of carboxylic acids is 1. The molecule has 126 valence electrons. The molecule has 24 heavy (non-hydrogen) atoms. The number of fused-ring (bicyclic) bond motifs is 1. The number of ether oxygens (including phenoxy) is 1. The van der Waals surface area contributed by atoms with Gasteiger partial charge in [0.15, 0.2) is 5.69 Å². The van der Waals surface area contributed by atoms with Crippen LogP contribution in [0.15, 0.2) is 18.6 Å². The molecule has 1 atom stereocenters. The highest BCUT2D eigenvalue weighted by Crippen LogP contribution is 2.09. The highest BCUT2D eigenvalue weighted by Gasteiger charge is 2.24. The predicted octanol–water partition coefficient (Wildman–Crippen LogP) is 1.12. The van der Waals surface area contributed by atoms with E-state index in [1.165, 1.54) is 16.8 Å². The molecule has 9 nitrogen and oxygen atoms in total. The van der Waals surface area contributed by atoms with E-state index < -0.39 is 23.7 Å². The number of imidazole rings is 1. The van der Waals surface area contributed by atoms with Crippen LogP contribution in [-0.4, -0.2) is 43.2 Å². The first kappa shape index (κ1) is 17.2. The van der Waals surface area contributed by atoms with Crippen LogP contribution in [0.4, 0.5) is 4.79 Å². The lowest BCUT2D eigenvalue weighted by molar-refractivity contribution is -0.139. The van der Waals surface area contributed by atoms with E-state index in [9.17, 15) is 14.7 Å². The number of carboxylic acid groups (broad SMARTS) is 1. The van der Waals surface area contributed by atoms with Crippen LogP contribution in [-0.2, 0) is 16.0 Å². The second-order valence-electron chi connectivity index (χ2n) is 6.15. The largest absolute Gasteiger partial charge is 0.480 e. The standard InChI is InChI=1S/C15H17N5O4/c1-15(2,3)24-14(23)19-11(12(21)22)4-9-6-17-13-18-10(5-16)8-20(13)7-9/h6-8,11H,4H2,1-3H3,(H,19,23)(H,21,22)/t11-/m0/s1. The van der Waals surface area contributed by atoms with Crippen molar-refractivity contribution < 1.29 is 19.4 Å². The smallest absolute Gasteiger partial charge is 0.408 e. The maximum absolute atomic E-state index is 11.8. The number of nitrogens with zero attached hydrogens (tertiary/aromatic N) is 4. The SMILES string of the molecule is CC(C)(C)OC(=O)N[C@@H](Cc1cnc2nc(C#N)cn2c1)C(=O)O. The Labute approximate surface area is 137 Å². The van der Waals surface area contributed by atoms with E-state index in [4.69, 9.17) is 10.00 Å². The summed E-state index contributed by atoms with van der Waals surface area (Å²) in [4.78, 5) is 31.1. The number of hydrogen-bond acceptors (Lipinski definition) is 6. The van der Waals surface area contributed by atoms with Gasteiger partial charge in [0.2, 0.25) is 5.78 Å². The molecular weight excluding hydrogens is 314 g/mol. The molecule has 0 fully saturated rings. The minimum absolute atomic E-state index is 0.0115. The summed E-state index contributed by atoms with van der Waals surface area (Å²) in [5, 5.41) is 20.4. The highest BCUT2D eigenvalue weighted by molar-refractivity contribution is 5.80. The molecule has 0 bridgehead atoms. The lowest BCUT2D eigenvalue weighted by atomic mass is 10.1. The molecule has 2 N–H and O–H groups in total. The third-order valence-corrected chi connectivity index (χ3v) is 2.91. The Kier molecular flexibility index (Phi) is 4.69. The molecule has 0 unspecified atom stereocenters. The van der Waals surface area contributed by atoms with Gasteiger partial charge in [0.25, 0.3) is 0 Å². The summed E-state index contributed by atoms with van der Waals surface area (Å²) in [6.45, 7) is 5.06. The summed E-state index contributed by atoms with van der Waals surface area (Å²) in [5.74, 6) is -0.855. The second kappa shape index (κ2) is 6.54. The van der Waals surface area contributed by atoms with Crippen molar-refractivity contribution in [3.8, 4) is 6.07 Å². The van der Waals surface area contributed by atoms with E-state index in [0.717, 1.165) is 0 Å². The zero-order valence-corrected chi connectivity index (χ0v) is 13.5. The molecular formula is C15H17N5O4. The third-order valence-electron chi connectivity index (χ3n) is 2.91. The number of nitriles is 1. The van der Waals surface area contributed by atoms with Crippen molar-refractivity contribution in [2.45, 2.75) is 38.8 Å². The Bertz CT molecular complexity index is 815. The predicted molar refractivity (Wildman–Crippen MR) is 82.2 cm³/mol. The third kappa shape index (κ3) is 4.42. The molecule has 0 saturated carbocycles. The van der Waals surface area contributed by atoms with Crippen LogP contribution in [0.5, 0.6) is 0 Å². The van der Waals surface area contributed by atoms with Crippen LogP contribution in [0.25, 0.3) is 5.78 Å². The van der Waals surface area contributed by atoms with Gasteiger partial charge in [0.05, 0.1) is 0 Å². The summed E-state index contributed by atoms with van der Waals surface area (Å²) in [7, 11) is 0. The lowest BCUT2D eigenvalue weighted by Gasteiger charge is -2.22. The van der Waals surface area contributed by atoms with Crippen LogP contribution in [0, 0.1) is 11.3 Å². The van der Waals surface area contributed by atoms with Gasteiger partial charge in [-0.05, 0) is 26.3 Å². The number of rotatable bonds is 4. The fourth-order valence-electron chi connectivity index (χ4n) is 1.97. The molecule has 0 aliphatic rings. The monoisotopic (exact) mass is 331 g/mol. The molecule has 0 saturated heterocycles. The molecule has 9 heteroatoms. The van der Waals surface area contributed by atoms with Gasteiger partial charge in [-0.2, -0.15) is 10.2 Å². The molecule has 0 spiro atoms. The van der Waals surface area contributed by atoms with E-state index in [2.05, 4.69) is 15.3 Å². The zero-order valence-electron chi connectivity index (χ0n) is 13.5. The molecule has 0 aliphatic heterocycles.